The maximum atomic E-state index is 11.1. The molecular formula is C7H12N2O4S. The number of nitriles is 1. The van der Waals surface area contributed by atoms with Gasteiger partial charge < -0.3 is 5.11 Å². The Balaban J connectivity index is 4.34. The summed E-state index contributed by atoms with van der Waals surface area (Å²) in [5, 5.41) is 16.6. The van der Waals surface area contributed by atoms with Crippen LogP contribution < -0.4 is 4.72 Å². The summed E-state index contributed by atoms with van der Waals surface area (Å²) in [5.74, 6) is -2.38. The topological polar surface area (TPSA) is 107 Å². The van der Waals surface area contributed by atoms with Crippen molar-refractivity contribution in [2.24, 2.45) is 0 Å². The summed E-state index contributed by atoms with van der Waals surface area (Å²) in [6.07, 6.45) is 0.488. The minimum Gasteiger partial charge on any atom is -0.480 e. The fourth-order valence-corrected chi connectivity index (χ4v) is 2.00. The van der Waals surface area contributed by atoms with Gasteiger partial charge in [0.25, 0.3) is 0 Å². The molecule has 0 aliphatic carbocycles. The summed E-state index contributed by atoms with van der Waals surface area (Å²) in [6.45, 7) is 1.71. The molecule has 6 nitrogen and oxygen atoms in total. The van der Waals surface area contributed by atoms with Gasteiger partial charge in [-0.05, 0) is 6.42 Å². The van der Waals surface area contributed by atoms with Crippen molar-refractivity contribution in [3.63, 3.8) is 0 Å². The lowest BCUT2D eigenvalue weighted by atomic mass is 10.2. The van der Waals surface area contributed by atoms with E-state index in [9.17, 15) is 13.2 Å². The normalized spacial score (nSPS) is 13.1. The van der Waals surface area contributed by atoms with Crippen LogP contribution in [-0.2, 0) is 14.8 Å². The monoisotopic (exact) mass is 220 g/mol. The summed E-state index contributed by atoms with van der Waals surface area (Å²) in [5.41, 5.74) is 0. The molecule has 0 rings (SSSR count). The van der Waals surface area contributed by atoms with Crippen LogP contribution >= 0.6 is 0 Å². The maximum absolute atomic E-state index is 11.1. The van der Waals surface area contributed by atoms with Crippen LogP contribution in [0.5, 0.6) is 0 Å². The van der Waals surface area contributed by atoms with Gasteiger partial charge in [0.15, 0.2) is 5.75 Å². The number of hydrogen-bond acceptors (Lipinski definition) is 4. The predicted octanol–water partition coefficient (Wildman–Crippen LogP) is -0.317. The van der Waals surface area contributed by atoms with E-state index in [-0.39, 0.29) is 6.42 Å². The fraction of sp³-hybridized carbons (Fsp3) is 0.714. The molecule has 1 atom stereocenters. The van der Waals surface area contributed by atoms with Crippen molar-refractivity contribution in [3.05, 3.63) is 0 Å². The highest BCUT2D eigenvalue weighted by molar-refractivity contribution is 7.90. The molecular weight excluding hydrogens is 208 g/mol. The number of carbonyl (C=O) groups is 1. The van der Waals surface area contributed by atoms with Crippen LogP contribution in [0.1, 0.15) is 19.8 Å². The Bertz CT molecular complexity index is 330. The molecule has 1 unspecified atom stereocenters. The molecule has 0 heterocycles. The van der Waals surface area contributed by atoms with Crippen molar-refractivity contribution >= 4 is 16.0 Å². The quantitative estimate of drug-likeness (QED) is 0.638. The lowest BCUT2D eigenvalue weighted by molar-refractivity contribution is -0.134. The van der Waals surface area contributed by atoms with Crippen LogP contribution in [0.15, 0.2) is 0 Å². The van der Waals surface area contributed by atoms with Gasteiger partial charge in [0.05, 0.1) is 12.5 Å². The minimum absolute atomic E-state index is 0.0371. The molecule has 0 fully saturated rings. The lowest BCUT2D eigenvalue weighted by Crippen LogP contribution is -2.37. The third kappa shape index (κ3) is 5.50. The zero-order chi connectivity index (χ0) is 11.2. The molecule has 14 heavy (non-hydrogen) atoms. The number of carboxylic acid groups (broad SMARTS) is 1. The second kappa shape index (κ2) is 5.57. The van der Waals surface area contributed by atoms with Crippen LogP contribution in [0.4, 0.5) is 0 Å². The van der Waals surface area contributed by atoms with Crippen molar-refractivity contribution in [1.82, 2.24) is 4.72 Å². The summed E-state index contributed by atoms with van der Waals surface area (Å²) in [7, 11) is -3.82. The molecule has 0 aliphatic heterocycles. The third-order valence-electron chi connectivity index (χ3n) is 1.49. The average molecular weight is 220 g/mol. The van der Waals surface area contributed by atoms with Gasteiger partial charge in [-0.1, -0.05) is 6.92 Å². The molecule has 0 aliphatic rings. The average Bonchev–Trinajstić information content (AvgIpc) is 2.00. The van der Waals surface area contributed by atoms with Crippen molar-refractivity contribution in [3.8, 4) is 6.07 Å². The number of sulfonamides is 1. The van der Waals surface area contributed by atoms with Crippen LogP contribution in [-0.4, -0.2) is 31.3 Å². The van der Waals surface area contributed by atoms with Gasteiger partial charge in [0.2, 0.25) is 10.0 Å². The smallest absolute Gasteiger partial charge is 0.320 e. The molecule has 0 aromatic carbocycles. The highest BCUT2D eigenvalue weighted by atomic mass is 32.2. The second-order valence-electron chi connectivity index (χ2n) is 2.74. The molecule has 2 N–H and O–H groups in total. The van der Waals surface area contributed by atoms with E-state index in [1.807, 2.05) is 6.07 Å². The Morgan fingerprint density at radius 3 is 2.57 bits per heavy atom. The highest BCUT2D eigenvalue weighted by Gasteiger charge is 2.19. The summed E-state index contributed by atoms with van der Waals surface area (Å²) >= 11 is 0. The predicted molar refractivity (Wildman–Crippen MR) is 48.9 cm³/mol. The molecule has 0 amide bonds. The number of hydrogen-bond donors (Lipinski definition) is 2. The molecule has 0 bridgehead atoms. The maximum Gasteiger partial charge on any atom is 0.320 e. The van der Waals surface area contributed by atoms with E-state index in [2.05, 4.69) is 4.72 Å². The molecule has 0 spiro atoms. The Morgan fingerprint density at radius 1 is 1.64 bits per heavy atom. The van der Waals surface area contributed by atoms with E-state index in [1.165, 1.54) is 0 Å². The Labute approximate surface area is 82.6 Å². The fourth-order valence-electron chi connectivity index (χ4n) is 0.838. The SMILES string of the molecule is CCC(CC#N)NS(=O)(=O)CC(=O)O. The van der Waals surface area contributed by atoms with Crippen LogP contribution in [0.3, 0.4) is 0 Å². The summed E-state index contributed by atoms with van der Waals surface area (Å²) < 4.78 is 24.3. The number of carboxylic acids is 1. The zero-order valence-corrected chi connectivity index (χ0v) is 8.54. The van der Waals surface area contributed by atoms with E-state index in [4.69, 9.17) is 10.4 Å². The van der Waals surface area contributed by atoms with Crippen LogP contribution in [0, 0.1) is 11.3 Å². The van der Waals surface area contributed by atoms with Gasteiger partial charge >= 0.3 is 5.97 Å². The highest BCUT2D eigenvalue weighted by Crippen LogP contribution is 1.99. The minimum atomic E-state index is -3.82. The second-order valence-corrected chi connectivity index (χ2v) is 4.49. The number of rotatable bonds is 6. The molecule has 7 heteroatoms. The summed E-state index contributed by atoms with van der Waals surface area (Å²) in [6, 6.07) is 1.31. The van der Waals surface area contributed by atoms with Crippen molar-refractivity contribution in [2.75, 3.05) is 5.75 Å². The van der Waals surface area contributed by atoms with Gasteiger partial charge in [0.1, 0.15) is 0 Å². The third-order valence-corrected chi connectivity index (χ3v) is 2.81. The van der Waals surface area contributed by atoms with Crippen LogP contribution in [0.25, 0.3) is 0 Å². The summed E-state index contributed by atoms with van der Waals surface area (Å²) in [4.78, 5) is 10.2. The van der Waals surface area contributed by atoms with Crippen molar-refractivity contribution < 1.29 is 18.3 Å². The molecule has 0 saturated heterocycles. The standard InChI is InChI=1S/C7H12N2O4S/c1-2-6(3-4-8)9-14(12,13)5-7(10)11/h6,9H,2-3,5H2,1H3,(H,10,11). The molecule has 0 aromatic rings. The van der Waals surface area contributed by atoms with Gasteiger partial charge in [0, 0.05) is 6.04 Å². The van der Waals surface area contributed by atoms with E-state index in [1.54, 1.807) is 6.92 Å². The molecule has 0 aromatic heterocycles. The Hall–Kier alpha value is -1.13. The first-order chi connectivity index (χ1) is 6.41. The number of nitrogens with zero attached hydrogens (tertiary/aromatic N) is 1. The Morgan fingerprint density at radius 2 is 2.21 bits per heavy atom. The molecule has 0 saturated carbocycles. The first kappa shape index (κ1) is 12.9. The molecule has 0 radical (unpaired) electrons. The first-order valence-electron chi connectivity index (χ1n) is 4.00. The number of aliphatic carboxylic acids is 1. The molecule has 80 valence electrons. The van der Waals surface area contributed by atoms with Gasteiger partial charge in [-0.3, -0.25) is 4.79 Å². The zero-order valence-electron chi connectivity index (χ0n) is 7.73. The van der Waals surface area contributed by atoms with Gasteiger partial charge in [-0.25, -0.2) is 13.1 Å². The van der Waals surface area contributed by atoms with Crippen molar-refractivity contribution in [1.29, 1.82) is 5.26 Å². The van der Waals surface area contributed by atoms with Gasteiger partial charge in [-0.15, -0.1) is 0 Å². The van der Waals surface area contributed by atoms with E-state index in [0.29, 0.717) is 6.42 Å². The van der Waals surface area contributed by atoms with E-state index < -0.39 is 27.8 Å². The lowest BCUT2D eigenvalue weighted by Gasteiger charge is -2.12. The van der Waals surface area contributed by atoms with E-state index >= 15 is 0 Å². The largest absolute Gasteiger partial charge is 0.480 e. The van der Waals surface area contributed by atoms with Crippen LogP contribution in [0.2, 0.25) is 0 Å². The number of nitrogens with one attached hydrogen (secondary N) is 1. The van der Waals surface area contributed by atoms with Gasteiger partial charge in [-0.2, -0.15) is 5.26 Å². The first-order valence-corrected chi connectivity index (χ1v) is 5.65. The van der Waals surface area contributed by atoms with Crippen molar-refractivity contribution in [2.45, 2.75) is 25.8 Å². The van der Waals surface area contributed by atoms with E-state index in [0.717, 1.165) is 0 Å². The Kier molecular flexibility index (Phi) is 5.12.